The van der Waals surface area contributed by atoms with Crippen molar-refractivity contribution in [2.24, 2.45) is 5.92 Å². The number of rotatable bonds is 1. The van der Waals surface area contributed by atoms with Gasteiger partial charge in [0.25, 0.3) is 0 Å². The molecule has 2 aliphatic rings. The van der Waals surface area contributed by atoms with E-state index in [9.17, 15) is 4.79 Å². The molecule has 2 rings (SSSR count). The first-order valence-electron chi connectivity index (χ1n) is 3.83. The molecule has 1 fully saturated rings. The van der Waals surface area contributed by atoms with Gasteiger partial charge in [0.15, 0.2) is 0 Å². The first-order valence-corrected chi connectivity index (χ1v) is 3.83. The number of fused-ring (bicyclic) bond motifs is 2. The Bertz CT molecular complexity index is 224. The highest BCUT2D eigenvalue weighted by Gasteiger charge is 2.44. The monoisotopic (exact) mass is 153 g/mol. The maximum Gasteiger partial charge on any atom is 0.321 e. The van der Waals surface area contributed by atoms with Gasteiger partial charge in [-0.25, -0.2) is 0 Å². The van der Waals surface area contributed by atoms with Crippen molar-refractivity contribution in [3.63, 3.8) is 0 Å². The molecule has 0 aromatic rings. The Morgan fingerprint density at radius 2 is 2.36 bits per heavy atom. The summed E-state index contributed by atoms with van der Waals surface area (Å²) in [6.45, 7) is 0. The molecule has 3 nitrogen and oxygen atoms in total. The molecule has 1 heterocycles. The highest BCUT2D eigenvalue weighted by molar-refractivity contribution is 5.75. The van der Waals surface area contributed by atoms with Crippen LogP contribution >= 0.6 is 0 Å². The minimum atomic E-state index is -0.690. The van der Waals surface area contributed by atoms with E-state index >= 15 is 0 Å². The molecular weight excluding hydrogens is 142 g/mol. The van der Waals surface area contributed by atoms with Crippen LogP contribution in [-0.2, 0) is 4.79 Å². The van der Waals surface area contributed by atoms with E-state index in [-0.39, 0.29) is 12.0 Å². The lowest BCUT2D eigenvalue weighted by atomic mass is 10.0. The number of hydrogen-bond acceptors (Lipinski definition) is 2. The second-order valence-electron chi connectivity index (χ2n) is 3.30. The molecule has 0 aromatic carbocycles. The van der Waals surface area contributed by atoms with E-state index < -0.39 is 5.97 Å². The molecule has 0 amide bonds. The van der Waals surface area contributed by atoms with Crippen LogP contribution in [0, 0.1) is 5.92 Å². The van der Waals surface area contributed by atoms with Crippen LogP contribution in [0.3, 0.4) is 0 Å². The van der Waals surface area contributed by atoms with Crippen LogP contribution < -0.4 is 0 Å². The second kappa shape index (κ2) is 2.08. The molecule has 0 radical (unpaired) electrons. The average Bonchev–Trinajstić information content (AvgIpc) is 2.44. The third-order valence-corrected chi connectivity index (χ3v) is 2.71. The molecule has 0 unspecified atom stereocenters. The fraction of sp³-hybridized carbons (Fsp3) is 0.625. The van der Waals surface area contributed by atoms with Crippen LogP contribution in [0.15, 0.2) is 12.2 Å². The van der Waals surface area contributed by atoms with E-state index in [0.29, 0.717) is 6.04 Å². The van der Waals surface area contributed by atoms with E-state index in [1.54, 1.807) is 0 Å². The van der Waals surface area contributed by atoms with E-state index in [1.807, 2.05) is 18.0 Å². The van der Waals surface area contributed by atoms with Gasteiger partial charge in [0, 0.05) is 12.0 Å². The molecule has 1 aliphatic carbocycles. The van der Waals surface area contributed by atoms with Crippen molar-refractivity contribution in [1.29, 1.82) is 0 Å². The molecule has 3 heteroatoms. The summed E-state index contributed by atoms with van der Waals surface area (Å²) in [5, 5.41) is 8.83. The minimum Gasteiger partial charge on any atom is -0.480 e. The van der Waals surface area contributed by atoms with Gasteiger partial charge in [-0.15, -0.1) is 0 Å². The SMILES string of the molecule is CN1[C@H](C(=O)O)[C@@H]2C=C[C@H]1C2. The Hall–Kier alpha value is -0.830. The first kappa shape index (κ1) is 6.85. The number of carboxylic acid groups (broad SMARTS) is 1. The molecule has 0 spiro atoms. The smallest absolute Gasteiger partial charge is 0.321 e. The Morgan fingerprint density at radius 1 is 1.64 bits per heavy atom. The third kappa shape index (κ3) is 0.807. The molecule has 3 atom stereocenters. The van der Waals surface area contributed by atoms with E-state index in [1.165, 1.54) is 0 Å². The molecule has 11 heavy (non-hydrogen) atoms. The summed E-state index contributed by atoms with van der Waals surface area (Å²) < 4.78 is 0. The largest absolute Gasteiger partial charge is 0.480 e. The van der Waals surface area contributed by atoms with Crippen LogP contribution in [0.25, 0.3) is 0 Å². The molecule has 1 N–H and O–H groups in total. The number of hydrogen-bond donors (Lipinski definition) is 1. The first-order chi connectivity index (χ1) is 5.20. The topological polar surface area (TPSA) is 40.5 Å². The Morgan fingerprint density at radius 3 is 2.73 bits per heavy atom. The molecule has 0 saturated carbocycles. The van der Waals surface area contributed by atoms with Gasteiger partial charge < -0.3 is 5.11 Å². The highest BCUT2D eigenvalue weighted by Crippen LogP contribution is 2.35. The zero-order valence-electron chi connectivity index (χ0n) is 6.40. The van der Waals surface area contributed by atoms with Crippen molar-refractivity contribution >= 4 is 5.97 Å². The lowest BCUT2D eigenvalue weighted by Crippen LogP contribution is -2.41. The summed E-state index contributed by atoms with van der Waals surface area (Å²) in [5.74, 6) is -0.438. The summed E-state index contributed by atoms with van der Waals surface area (Å²) in [6.07, 6.45) is 5.13. The number of likely N-dealkylation sites (tertiary alicyclic amines) is 1. The van der Waals surface area contributed by atoms with Gasteiger partial charge in [-0.1, -0.05) is 12.2 Å². The van der Waals surface area contributed by atoms with Gasteiger partial charge in [-0.3, -0.25) is 9.69 Å². The van der Waals surface area contributed by atoms with Crippen molar-refractivity contribution in [3.8, 4) is 0 Å². The molecule has 2 bridgehead atoms. The Balaban J connectivity index is 2.25. The number of carbonyl (C=O) groups is 1. The molecule has 1 aliphatic heterocycles. The van der Waals surface area contributed by atoms with Crippen molar-refractivity contribution < 1.29 is 9.90 Å². The van der Waals surface area contributed by atoms with Crippen LogP contribution in [0.4, 0.5) is 0 Å². The fourth-order valence-corrected chi connectivity index (χ4v) is 2.11. The highest BCUT2D eigenvalue weighted by atomic mass is 16.4. The summed E-state index contributed by atoms with van der Waals surface area (Å²) in [7, 11) is 1.88. The average molecular weight is 153 g/mol. The molecular formula is C8H11NO2. The number of likely N-dealkylation sites (N-methyl/N-ethyl adjacent to an activating group) is 1. The summed E-state index contributed by atoms with van der Waals surface area (Å²) in [5.41, 5.74) is 0. The predicted octanol–water partition coefficient (Wildman–Crippen LogP) is 0.330. The van der Waals surface area contributed by atoms with Crippen LogP contribution in [0.5, 0.6) is 0 Å². The summed E-state index contributed by atoms with van der Waals surface area (Å²) >= 11 is 0. The number of carboxylic acids is 1. The number of aliphatic carboxylic acids is 1. The Labute approximate surface area is 65.3 Å². The van der Waals surface area contributed by atoms with Crippen molar-refractivity contribution in [1.82, 2.24) is 4.90 Å². The molecule has 60 valence electrons. The standard InChI is InChI=1S/C8H11NO2/c1-9-6-3-2-5(4-6)7(9)8(10)11/h2-3,5-7H,4H2,1H3,(H,10,11)/t5-,6+,7+/m1/s1. The van der Waals surface area contributed by atoms with Gasteiger partial charge >= 0.3 is 5.97 Å². The maximum atomic E-state index is 10.7. The summed E-state index contributed by atoms with van der Waals surface area (Å²) in [4.78, 5) is 12.7. The van der Waals surface area contributed by atoms with Crippen LogP contribution in [0.1, 0.15) is 6.42 Å². The zero-order chi connectivity index (χ0) is 8.01. The normalized spacial score (nSPS) is 41.7. The van der Waals surface area contributed by atoms with Crippen molar-refractivity contribution in [2.75, 3.05) is 7.05 Å². The third-order valence-electron chi connectivity index (χ3n) is 2.71. The minimum absolute atomic E-state index is 0.252. The van der Waals surface area contributed by atoms with Crippen molar-refractivity contribution in [2.45, 2.75) is 18.5 Å². The quantitative estimate of drug-likeness (QED) is 0.552. The van der Waals surface area contributed by atoms with Crippen LogP contribution in [0.2, 0.25) is 0 Å². The summed E-state index contributed by atoms with van der Waals surface area (Å²) in [6, 6.07) is 0.103. The number of nitrogens with zero attached hydrogens (tertiary/aromatic N) is 1. The van der Waals surface area contributed by atoms with Gasteiger partial charge in [0.05, 0.1) is 0 Å². The van der Waals surface area contributed by atoms with Gasteiger partial charge in [-0.2, -0.15) is 0 Å². The lowest BCUT2D eigenvalue weighted by molar-refractivity contribution is -0.142. The van der Waals surface area contributed by atoms with E-state index in [4.69, 9.17) is 5.11 Å². The predicted molar refractivity (Wildman–Crippen MR) is 40.2 cm³/mol. The Kier molecular flexibility index (Phi) is 1.29. The second-order valence-corrected chi connectivity index (χ2v) is 3.30. The fourth-order valence-electron chi connectivity index (χ4n) is 2.11. The van der Waals surface area contributed by atoms with E-state index in [0.717, 1.165) is 6.42 Å². The lowest BCUT2D eigenvalue weighted by Gasteiger charge is -2.24. The van der Waals surface area contributed by atoms with Gasteiger partial charge in [-0.05, 0) is 13.5 Å². The van der Waals surface area contributed by atoms with Gasteiger partial charge in [0.1, 0.15) is 6.04 Å². The van der Waals surface area contributed by atoms with Crippen LogP contribution in [-0.4, -0.2) is 35.1 Å². The maximum absolute atomic E-state index is 10.7. The van der Waals surface area contributed by atoms with Crippen molar-refractivity contribution in [3.05, 3.63) is 12.2 Å². The zero-order valence-corrected chi connectivity index (χ0v) is 6.40. The molecule has 0 aromatic heterocycles. The van der Waals surface area contributed by atoms with Gasteiger partial charge in [0.2, 0.25) is 0 Å². The molecule has 1 saturated heterocycles. The van der Waals surface area contributed by atoms with E-state index in [2.05, 4.69) is 6.08 Å².